The number of carbonyl (C=O) groups is 1. The van der Waals surface area contributed by atoms with E-state index in [1.165, 1.54) is 7.11 Å². The van der Waals surface area contributed by atoms with Crippen LogP contribution >= 0.6 is 0 Å². The van der Waals surface area contributed by atoms with Crippen molar-refractivity contribution < 1.29 is 23.7 Å². The van der Waals surface area contributed by atoms with Crippen LogP contribution in [0.1, 0.15) is 36.7 Å². The van der Waals surface area contributed by atoms with Gasteiger partial charge in [-0.1, -0.05) is 13.8 Å². The molecule has 0 aliphatic carbocycles. The molecule has 0 aliphatic heterocycles. The van der Waals surface area contributed by atoms with E-state index in [1.54, 1.807) is 13.0 Å². The number of methoxy groups -OCH3 is 1. The number of nitrogens with zero attached hydrogens (tertiary/aromatic N) is 1. The molecule has 160 valence electrons. The second-order valence-electron chi connectivity index (χ2n) is 7.52. The lowest BCUT2D eigenvalue weighted by Gasteiger charge is -2.13. The number of fused-ring (bicyclic) bond motifs is 1. The lowest BCUT2D eigenvalue weighted by atomic mass is 10.1. The number of rotatable bonds is 9. The van der Waals surface area contributed by atoms with Crippen molar-refractivity contribution in [2.75, 3.05) is 27.1 Å². The Morgan fingerprint density at radius 3 is 2.60 bits per heavy atom. The molecule has 6 heteroatoms. The van der Waals surface area contributed by atoms with Crippen LogP contribution in [0.4, 0.5) is 0 Å². The zero-order valence-corrected chi connectivity index (χ0v) is 18.2. The van der Waals surface area contributed by atoms with Crippen molar-refractivity contribution in [1.82, 2.24) is 4.57 Å². The number of carbonyl (C=O) groups excluding carboxylic acids is 1. The summed E-state index contributed by atoms with van der Waals surface area (Å²) in [5.41, 5.74) is 3.43. The van der Waals surface area contributed by atoms with E-state index in [0.29, 0.717) is 30.4 Å². The van der Waals surface area contributed by atoms with Gasteiger partial charge in [0.05, 0.1) is 18.7 Å². The van der Waals surface area contributed by atoms with E-state index in [4.69, 9.17) is 18.9 Å². The molecule has 0 N–H and O–H groups in total. The first-order chi connectivity index (χ1) is 14.4. The van der Waals surface area contributed by atoms with Crippen LogP contribution in [0.25, 0.3) is 16.6 Å². The third kappa shape index (κ3) is 4.76. The van der Waals surface area contributed by atoms with Crippen LogP contribution in [0.3, 0.4) is 0 Å². The van der Waals surface area contributed by atoms with Gasteiger partial charge in [0.1, 0.15) is 17.1 Å². The highest BCUT2D eigenvalue weighted by molar-refractivity contribution is 5.93. The van der Waals surface area contributed by atoms with Crippen molar-refractivity contribution in [3.63, 3.8) is 0 Å². The maximum Gasteiger partial charge on any atom is 0.341 e. The molecule has 2 aromatic carbocycles. The molecule has 0 unspecified atom stereocenters. The number of benzene rings is 2. The Morgan fingerprint density at radius 2 is 1.90 bits per heavy atom. The maximum atomic E-state index is 12.3. The molecule has 3 rings (SSSR count). The fourth-order valence-electron chi connectivity index (χ4n) is 3.22. The van der Waals surface area contributed by atoms with Crippen LogP contribution in [0.2, 0.25) is 0 Å². The number of ether oxygens (including phenoxy) is 4. The molecule has 0 atom stereocenters. The average molecular weight is 411 g/mol. The number of aromatic nitrogens is 1. The zero-order chi connectivity index (χ0) is 21.7. The van der Waals surface area contributed by atoms with E-state index in [1.807, 2.05) is 24.3 Å². The zero-order valence-electron chi connectivity index (χ0n) is 18.2. The summed E-state index contributed by atoms with van der Waals surface area (Å²) in [6, 6.07) is 11.5. The van der Waals surface area contributed by atoms with Crippen LogP contribution in [0.5, 0.6) is 11.5 Å². The fourth-order valence-corrected chi connectivity index (χ4v) is 3.22. The Balaban J connectivity index is 2.00. The predicted molar refractivity (Wildman–Crippen MR) is 117 cm³/mol. The van der Waals surface area contributed by atoms with Gasteiger partial charge in [0, 0.05) is 30.4 Å². The summed E-state index contributed by atoms with van der Waals surface area (Å²) in [6.07, 6.45) is 2.07. The standard InChI is InChI=1S/C24H29NO5/c1-6-28-24(26)20-9-7-18(11-23(20)30-15-27-5)25-13-17(4)21-12-19(8-10-22(21)25)29-14-16(2)3/h7-13,16H,6,14-15H2,1-5H3. The summed E-state index contributed by atoms with van der Waals surface area (Å²) in [5, 5.41) is 1.12. The van der Waals surface area contributed by atoms with Gasteiger partial charge >= 0.3 is 5.97 Å². The van der Waals surface area contributed by atoms with Crippen molar-refractivity contribution in [3.05, 3.63) is 53.7 Å². The molecule has 1 heterocycles. The minimum Gasteiger partial charge on any atom is -0.493 e. The van der Waals surface area contributed by atoms with E-state index in [-0.39, 0.29) is 6.79 Å². The lowest BCUT2D eigenvalue weighted by Crippen LogP contribution is -2.10. The third-order valence-corrected chi connectivity index (χ3v) is 4.63. The monoisotopic (exact) mass is 411 g/mol. The molecule has 0 amide bonds. The van der Waals surface area contributed by atoms with Gasteiger partial charge in [-0.05, 0) is 55.7 Å². The molecule has 0 spiro atoms. The van der Waals surface area contributed by atoms with Gasteiger partial charge in [0.25, 0.3) is 0 Å². The molecular formula is C24H29NO5. The molecule has 3 aromatic rings. The topological polar surface area (TPSA) is 58.9 Å². The molecular weight excluding hydrogens is 382 g/mol. The van der Waals surface area contributed by atoms with Crippen molar-refractivity contribution >= 4 is 16.9 Å². The highest BCUT2D eigenvalue weighted by Crippen LogP contribution is 2.31. The number of aryl methyl sites for hydroxylation is 1. The van der Waals surface area contributed by atoms with Crippen molar-refractivity contribution in [2.24, 2.45) is 5.92 Å². The van der Waals surface area contributed by atoms with Crippen LogP contribution < -0.4 is 9.47 Å². The SMILES string of the molecule is CCOC(=O)c1ccc(-n2cc(C)c3cc(OCC(C)C)ccc32)cc1OCOC. The van der Waals surface area contributed by atoms with E-state index in [9.17, 15) is 4.79 Å². The molecule has 0 radical (unpaired) electrons. The maximum absolute atomic E-state index is 12.3. The van der Waals surface area contributed by atoms with Crippen molar-refractivity contribution in [3.8, 4) is 17.2 Å². The van der Waals surface area contributed by atoms with Gasteiger partial charge in [-0.2, -0.15) is 0 Å². The normalized spacial score (nSPS) is 11.1. The fraction of sp³-hybridized carbons (Fsp3) is 0.375. The smallest absolute Gasteiger partial charge is 0.341 e. The molecule has 0 aliphatic rings. The first-order valence-corrected chi connectivity index (χ1v) is 10.1. The molecule has 30 heavy (non-hydrogen) atoms. The number of hydrogen-bond donors (Lipinski definition) is 0. The Morgan fingerprint density at radius 1 is 1.10 bits per heavy atom. The molecule has 0 fully saturated rings. The average Bonchev–Trinajstić information content (AvgIpc) is 3.06. The first-order valence-electron chi connectivity index (χ1n) is 10.1. The largest absolute Gasteiger partial charge is 0.493 e. The van der Waals surface area contributed by atoms with Crippen molar-refractivity contribution in [1.29, 1.82) is 0 Å². The van der Waals surface area contributed by atoms with E-state index in [2.05, 4.69) is 37.6 Å². The summed E-state index contributed by atoms with van der Waals surface area (Å²) in [4.78, 5) is 12.3. The minimum absolute atomic E-state index is 0.0395. The van der Waals surface area contributed by atoms with Gasteiger partial charge in [-0.15, -0.1) is 0 Å². The Kier molecular flexibility index (Phi) is 7.00. The Bertz CT molecular complexity index is 1020. The number of hydrogen-bond acceptors (Lipinski definition) is 5. The minimum atomic E-state index is -0.421. The number of esters is 1. The summed E-state index contributed by atoms with van der Waals surface area (Å²) in [7, 11) is 1.54. The van der Waals surface area contributed by atoms with Gasteiger partial charge < -0.3 is 23.5 Å². The second kappa shape index (κ2) is 9.67. The first kappa shape index (κ1) is 21.7. The molecule has 0 saturated heterocycles. The lowest BCUT2D eigenvalue weighted by molar-refractivity contribution is 0.0438. The van der Waals surface area contributed by atoms with Crippen LogP contribution in [-0.4, -0.2) is 37.7 Å². The Labute approximate surface area is 177 Å². The van der Waals surface area contributed by atoms with E-state index < -0.39 is 5.97 Å². The highest BCUT2D eigenvalue weighted by Gasteiger charge is 2.17. The summed E-state index contributed by atoms with van der Waals surface area (Å²) in [6.45, 7) is 9.12. The van der Waals surface area contributed by atoms with Crippen LogP contribution in [0.15, 0.2) is 42.6 Å². The van der Waals surface area contributed by atoms with Crippen LogP contribution in [-0.2, 0) is 9.47 Å². The van der Waals surface area contributed by atoms with Gasteiger partial charge in [-0.3, -0.25) is 0 Å². The summed E-state index contributed by atoms with van der Waals surface area (Å²) < 4.78 is 23.8. The van der Waals surface area contributed by atoms with Crippen LogP contribution in [0, 0.1) is 12.8 Å². The van der Waals surface area contributed by atoms with Gasteiger partial charge in [-0.25, -0.2) is 4.79 Å². The van der Waals surface area contributed by atoms with E-state index in [0.717, 1.165) is 27.9 Å². The quantitative estimate of drug-likeness (QED) is 0.361. The van der Waals surface area contributed by atoms with Crippen molar-refractivity contribution in [2.45, 2.75) is 27.7 Å². The molecule has 0 bridgehead atoms. The molecule has 0 saturated carbocycles. The predicted octanol–water partition coefficient (Wildman–Crippen LogP) is 5.13. The summed E-state index contributed by atoms with van der Waals surface area (Å²) >= 11 is 0. The Hall–Kier alpha value is -2.99. The highest BCUT2D eigenvalue weighted by atomic mass is 16.7. The summed E-state index contributed by atoms with van der Waals surface area (Å²) in [5.74, 6) is 1.33. The second-order valence-corrected chi connectivity index (χ2v) is 7.52. The van der Waals surface area contributed by atoms with Gasteiger partial charge in [0.15, 0.2) is 6.79 Å². The molecule has 6 nitrogen and oxygen atoms in total. The van der Waals surface area contributed by atoms with E-state index >= 15 is 0 Å². The third-order valence-electron chi connectivity index (χ3n) is 4.63. The van der Waals surface area contributed by atoms with Gasteiger partial charge in [0.2, 0.25) is 0 Å². The molecule has 1 aromatic heterocycles.